The predicted octanol–water partition coefficient (Wildman–Crippen LogP) is -1.70. The van der Waals surface area contributed by atoms with Gasteiger partial charge >= 0.3 is 4.24 Å². The summed E-state index contributed by atoms with van der Waals surface area (Å²) in [7, 11) is 0. The monoisotopic (exact) mass is 188 g/mol. The molecular weight excluding hydrogens is 170 g/mol. The highest BCUT2D eigenvalue weighted by molar-refractivity contribution is 5.69. The Labute approximate surface area is 85.7 Å². The Morgan fingerprint density at radius 1 is 1.92 bits per heavy atom. The van der Waals surface area contributed by atoms with Crippen LogP contribution in [0.2, 0.25) is 4.24 Å². The largest absolute Gasteiger partial charge is 0.544 e. The number of benzene rings is 1. The van der Waals surface area contributed by atoms with Crippen LogP contribution in [0.25, 0.3) is 0 Å². The average Bonchev–Trinajstić information content (AvgIpc) is 2.26. The van der Waals surface area contributed by atoms with Crippen molar-refractivity contribution < 1.29 is 29.1 Å². The molecule has 0 saturated carbocycles. The summed E-state index contributed by atoms with van der Waals surface area (Å²) < 4.78 is 50.4. The lowest BCUT2D eigenvalue weighted by Crippen LogP contribution is -2.69. The van der Waals surface area contributed by atoms with Crippen molar-refractivity contribution in [1.82, 2.24) is 0 Å². The van der Waals surface area contributed by atoms with Crippen LogP contribution in [-0.4, -0.2) is 18.5 Å². The van der Waals surface area contributed by atoms with Crippen molar-refractivity contribution in [2.45, 2.75) is 12.4 Å². The standard InChI is InChI=1S/C9H11NO3/c10-8(9(12)13)5-6-1-3-7(11)4-2-6/h1-4,8,11H,5,10H2,(H,12,13)/i3D,4D,8D/hD4. The fraction of sp³-hybridized carbons (Fsp3) is 0.222. The molecule has 13 heavy (non-hydrogen) atoms. The van der Waals surface area contributed by atoms with Crippen LogP contribution in [0.4, 0.5) is 0 Å². The SMILES string of the molecule is [2H]Oc1c([2H])cc(CC([2H])(C(=O)[O-])[N+]([2H])([2H])[2H])cc1[2H]. The second kappa shape index (κ2) is 3.91. The van der Waals surface area contributed by atoms with Crippen LogP contribution in [0.5, 0.6) is 5.75 Å². The van der Waals surface area contributed by atoms with Crippen molar-refractivity contribution in [1.29, 1.82) is 1.43 Å². The van der Waals surface area contributed by atoms with Crippen LogP contribution < -0.4 is 10.8 Å². The highest BCUT2D eigenvalue weighted by Gasteiger charge is 2.07. The summed E-state index contributed by atoms with van der Waals surface area (Å²) in [4.78, 5) is 10.9. The van der Waals surface area contributed by atoms with Gasteiger partial charge in [0.2, 0.25) is 0 Å². The molecule has 0 fully saturated rings. The van der Waals surface area contributed by atoms with Crippen molar-refractivity contribution in [2.24, 2.45) is 0 Å². The number of quaternary nitrogens is 1. The minimum absolute atomic E-state index is 0.0192. The van der Waals surface area contributed by atoms with Gasteiger partial charge in [0.25, 0.3) is 1.43 Å². The number of carboxylic acids is 1. The van der Waals surface area contributed by atoms with Crippen molar-refractivity contribution in [3.05, 3.63) is 29.8 Å². The van der Waals surface area contributed by atoms with Crippen LogP contribution in [-0.2, 0) is 11.2 Å². The lowest BCUT2D eigenvalue weighted by atomic mass is 10.1. The van der Waals surface area contributed by atoms with E-state index in [1.165, 1.54) is 0 Å². The molecule has 0 bridgehead atoms. The number of carbonyl (C=O) groups excluding carboxylic acids is 1. The van der Waals surface area contributed by atoms with Gasteiger partial charge in [0, 0.05) is 6.42 Å². The summed E-state index contributed by atoms with van der Waals surface area (Å²) in [5.41, 5.74) is -2.46. The maximum atomic E-state index is 10.9. The van der Waals surface area contributed by atoms with E-state index in [0.717, 1.165) is 12.1 Å². The molecule has 0 aliphatic rings. The first-order valence-electron chi connectivity index (χ1n) is 6.70. The molecule has 1 unspecified atom stereocenters. The van der Waals surface area contributed by atoms with Gasteiger partial charge in [-0.3, -0.25) is 0 Å². The molecular formula is C9H11NO3. The summed E-state index contributed by atoms with van der Waals surface area (Å²) in [6.07, 6.45) is -0.776. The maximum Gasteiger partial charge on any atom is 0.345 e. The number of hydrogen-bond donors (Lipinski definition) is 2. The van der Waals surface area contributed by atoms with Crippen molar-refractivity contribution in [2.75, 3.05) is 0 Å². The van der Waals surface area contributed by atoms with E-state index in [-0.39, 0.29) is 23.4 Å². The first kappa shape index (κ1) is 3.67. The third-order valence-electron chi connectivity index (χ3n) is 1.38. The fourth-order valence-corrected chi connectivity index (χ4v) is 0.767. The minimum Gasteiger partial charge on any atom is -0.544 e. The van der Waals surface area contributed by atoms with Gasteiger partial charge in [0.15, 0.2) is 0 Å². The van der Waals surface area contributed by atoms with Crippen molar-refractivity contribution >= 4 is 5.97 Å². The lowest BCUT2D eigenvalue weighted by Gasteiger charge is -2.08. The average molecular weight is 188 g/mol. The Morgan fingerprint density at radius 3 is 3.08 bits per heavy atom. The molecule has 4 heteroatoms. The number of aliphatic carboxylic acids is 1. The molecule has 1 atom stereocenters. The molecule has 1 aromatic carbocycles. The molecule has 0 amide bonds. The number of phenols is 1. The highest BCUT2D eigenvalue weighted by atomic mass is 16.4. The number of carboxylic acid groups (broad SMARTS) is 1. The Morgan fingerprint density at radius 2 is 2.62 bits per heavy atom. The number of aromatic hydroxyl groups is 1. The molecule has 0 aliphatic carbocycles. The Kier molecular flexibility index (Phi) is 1.10. The van der Waals surface area contributed by atoms with Crippen LogP contribution in [0.15, 0.2) is 24.2 Å². The fourth-order valence-electron chi connectivity index (χ4n) is 0.767. The van der Waals surface area contributed by atoms with E-state index >= 15 is 0 Å². The normalized spacial score (nSPS) is 23.2. The van der Waals surface area contributed by atoms with Crippen molar-refractivity contribution in [3.8, 4) is 5.75 Å². The van der Waals surface area contributed by atoms with Crippen LogP contribution >= 0.6 is 0 Å². The zero-order valence-electron chi connectivity index (χ0n) is 13.5. The maximum absolute atomic E-state index is 10.9. The highest BCUT2D eigenvalue weighted by Crippen LogP contribution is 2.10. The molecule has 0 heterocycles. The van der Waals surface area contributed by atoms with Gasteiger partial charge in [0.05, 0.1) is 8.71 Å². The van der Waals surface area contributed by atoms with E-state index in [1.807, 2.05) is 0 Å². The topological polar surface area (TPSA) is 88.0 Å². The third kappa shape index (κ3) is 2.76. The van der Waals surface area contributed by atoms with E-state index in [0.29, 0.717) is 0 Å². The second-order valence-electron chi connectivity index (χ2n) is 2.39. The molecule has 0 radical (unpaired) electrons. The molecule has 70 valence electrons. The molecule has 4 N–H and O–H groups in total. The van der Waals surface area contributed by atoms with Gasteiger partial charge in [-0.1, -0.05) is 12.1 Å². The Bertz CT molecular complexity index is 510. The molecule has 1 rings (SSSR count). The van der Waals surface area contributed by atoms with Crippen molar-refractivity contribution in [3.63, 3.8) is 0 Å². The molecule has 0 spiro atoms. The second-order valence-corrected chi connectivity index (χ2v) is 2.39. The number of carbonyl (C=O) groups is 1. The third-order valence-corrected chi connectivity index (χ3v) is 1.38. The zero-order valence-corrected chi connectivity index (χ0v) is 6.53. The summed E-state index contributed by atoms with van der Waals surface area (Å²) in [5, 5.41) is 15.0. The molecule has 0 aliphatic heterocycles. The van der Waals surface area contributed by atoms with Gasteiger partial charge in [-0.15, -0.1) is 0 Å². The number of rotatable bonds is 5. The predicted molar refractivity (Wildman–Crippen MR) is 43.5 cm³/mol. The Balaban J connectivity index is 3.24. The lowest BCUT2D eigenvalue weighted by molar-refractivity contribution is -0.437. The minimum atomic E-state index is -2.94. The molecule has 1 aromatic rings. The quantitative estimate of drug-likeness (QED) is 0.577. The summed E-state index contributed by atoms with van der Waals surface area (Å²) in [5.74, 6) is -2.43. The summed E-state index contributed by atoms with van der Waals surface area (Å²) in [6.45, 7) is 0. The molecule has 0 aromatic heterocycles. The molecule has 0 saturated heterocycles. The van der Waals surface area contributed by atoms with E-state index < -0.39 is 24.1 Å². The number of hydrogen-bond acceptors (Lipinski definition) is 3. The zero-order chi connectivity index (χ0) is 15.7. The first-order valence-corrected chi connectivity index (χ1v) is 3.45. The van der Waals surface area contributed by atoms with Gasteiger partial charge in [-0.2, -0.15) is 0 Å². The van der Waals surface area contributed by atoms with E-state index in [9.17, 15) is 9.90 Å². The van der Waals surface area contributed by atoms with Gasteiger partial charge in [-0.05, 0) is 17.6 Å². The van der Waals surface area contributed by atoms with Crippen LogP contribution in [0.3, 0.4) is 0 Å². The smallest absolute Gasteiger partial charge is 0.345 e. The van der Waals surface area contributed by atoms with Crippen LogP contribution in [0, 0.1) is 0 Å². The van der Waals surface area contributed by atoms with Crippen LogP contribution in [0.1, 0.15) is 9.68 Å². The van der Waals surface area contributed by atoms with Gasteiger partial charge in [-0.25, -0.2) is 0 Å². The Hall–Kier alpha value is -1.55. The number of phenolic OH excluding ortho intramolecular Hbond substituents is 1. The van der Waals surface area contributed by atoms with Gasteiger partial charge in [0.1, 0.15) is 13.1 Å². The molecule has 4 nitrogen and oxygen atoms in total. The summed E-state index contributed by atoms with van der Waals surface area (Å²) >= 11 is 0. The summed E-state index contributed by atoms with van der Waals surface area (Å²) in [6, 6.07) is -1.60. The van der Waals surface area contributed by atoms with E-state index in [4.69, 9.17) is 9.78 Å². The van der Waals surface area contributed by atoms with E-state index in [2.05, 4.69) is 5.11 Å². The van der Waals surface area contributed by atoms with Gasteiger partial charge < -0.3 is 20.7 Å². The first-order chi connectivity index (χ1) is 9.02. The van der Waals surface area contributed by atoms with E-state index in [1.54, 1.807) is 0 Å².